The maximum atomic E-state index is 8.37. The van der Waals surface area contributed by atoms with Crippen molar-refractivity contribution in [3.05, 3.63) is 0 Å². The van der Waals surface area contributed by atoms with Gasteiger partial charge in [0.25, 0.3) is 0 Å². The fraction of sp³-hybridized carbons (Fsp3) is 1.00. The molecule has 0 aliphatic carbocycles. The Morgan fingerprint density at radius 1 is 1.50 bits per heavy atom. The Morgan fingerprint density at radius 3 is 2.17 bits per heavy atom. The van der Waals surface area contributed by atoms with Gasteiger partial charge in [0.2, 0.25) is 0 Å². The van der Waals surface area contributed by atoms with E-state index in [9.17, 15) is 0 Å². The van der Waals surface area contributed by atoms with Gasteiger partial charge in [-0.05, 0) is 0 Å². The normalized spacial score (nSPS) is 22.5. The topological polar surface area (TPSA) is 23.8 Å². The molecule has 1 saturated heterocycles. The molecule has 34 valence electrons. The summed E-state index contributed by atoms with van der Waals surface area (Å²) in [5.74, 6) is 2.55. The Bertz CT molecular complexity index is 131. The van der Waals surface area contributed by atoms with E-state index in [1.165, 1.54) is 17.9 Å². The third-order valence-electron chi connectivity index (χ3n) is 0.875. The first kappa shape index (κ1) is 4.64. The average Bonchev–Trinajstić information content (AvgIpc) is 1.31. The van der Waals surface area contributed by atoms with Crippen molar-refractivity contribution in [2.24, 2.45) is 0 Å². The second-order valence-corrected chi connectivity index (χ2v) is 5.25. The third-order valence-corrected chi connectivity index (χ3v) is 4.41. The Balaban J connectivity index is 2.63. The van der Waals surface area contributed by atoms with E-state index in [-0.39, 0.29) is 0 Å². The van der Waals surface area contributed by atoms with E-state index in [1.54, 1.807) is 0 Å². The molecule has 0 aromatic carbocycles. The van der Waals surface area contributed by atoms with E-state index in [1.807, 2.05) is 0 Å². The van der Waals surface area contributed by atoms with Crippen LogP contribution in [0.4, 0.5) is 0 Å². The summed E-state index contributed by atoms with van der Waals surface area (Å²) in [4.78, 5) is 0. The number of rotatable bonds is 0. The molecule has 0 unspecified atom stereocenters. The Labute approximate surface area is 40.7 Å². The SMILES string of the molecule is N#P=S1CCC1. The van der Waals surface area contributed by atoms with E-state index in [4.69, 9.17) is 5.00 Å². The number of hydrogen-bond acceptors (Lipinski definition) is 1. The summed E-state index contributed by atoms with van der Waals surface area (Å²) in [6, 6.07) is 0. The van der Waals surface area contributed by atoms with Gasteiger partial charge in [-0.15, -0.1) is 0 Å². The molecule has 6 heavy (non-hydrogen) atoms. The molecule has 1 fully saturated rings. The van der Waals surface area contributed by atoms with Gasteiger partial charge in [-0.2, -0.15) is 0 Å². The van der Waals surface area contributed by atoms with Crippen LogP contribution in [-0.4, -0.2) is 11.5 Å². The molecule has 3 heteroatoms. The fourth-order valence-corrected chi connectivity index (χ4v) is 2.33. The molecule has 0 aromatic rings. The zero-order valence-electron chi connectivity index (χ0n) is 3.42. The minimum atomic E-state index is 0.424. The summed E-state index contributed by atoms with van der Waals surface area (Å²) >= 11 is 0. The van der Waals surface area contributed by atoms with Gasteiger partial charge in [0.05, 0.1) is 0 Å². The van der Waals surface area contributed by atoms with Crippen molar-refractivity contribution in [2.75, 3.05) is 11.5 Å². The predicted molar refractivity (Wildman–Crippen MR) is 30.4 cm³/mol. The van der Waals surface area contributed by atoms with Crippen molar-refractivity contribution >= 4 is 17.1 Å². The van der Waals surface area contributed by atoms with E-state index in [0.29, 0.717) is 17.1 Å². The molecule has 0 radical (unpaired) electrons. The monoisotopic (exact) mass is 119 g/mol. The van der Waals surface area contributed by atoms with Crippen LogP contribution in [0, 0.1) is 5.00 Å². The van der Waals surface area contributed by atoms with Crippen LogP contribution < -0.4 is 0 Å². The second-order valence-electron chi connectivity index (χ2n) is 1.31. The minimum absolute atomic E-state index is 0.424. The van der Waals surface area contributed by atoms with Crippen LogP contribution in [0.15, 0.2) is 0 Å². The Morgan fingerprint density at radius 2 is 2.17 bits per heavy atom. The van der Waals surface area contributed by atoms with Crippen molar-refractivity contribution in [1.29, 1.82) is 5.00 Å². The summed E-state index contributed by atoms with van der Waals surface area (Å²) < 4.78 is 0. The molecule has 0 bridgehead atoms. The zero-order valence-corrected chi connectivity index (χ0v) is 5.13. The third kappa shape index (κ3) is 0.759. The second kappa shape index (κ2) is 1.97. The molecule has 1 heterocycles. The van der Waals surface area contributed by atoms with Gasteiger partial charge in [0.15, 0.2) is 0 Å². The van der Waals surface area contributed by atoms with Crippen molar-refractivity contribution < 1.29 is 0 Å². The number of nitrogens with zero attached hydrogens (tertiary/aromatic N) is 1. The Kier molecular flexibility index (Phi) is 1.53. The molecule has 1 aliphatic heterocycles. The van der Waals surface area contributed by atoms with Crippen LogP contribution in [0.25, 0.3) is 0 Å². The van der Waals surface area contributed by atoms with Gasteiger partial charge >= 0.3 is 40.0 Å². The molecule has 1 aliphatic rings. The van der Waals surface area contributed by atoms with Gasteiger partial charge in [-0.1, -0.05) is 0 Å². The quantitative estimate of drug-likeness (QED) is 0.441. The van der Waals surface area contributed by atoms with Gasteiger partial charge in [0.1, 0.15) is 0 Å². The average molecular weight is 119 g/mol. The maximum absolute atomic E-state index is 8.37. The van der Waals surface area contributed by atoms with Crippen molar-refractivity contribution in [2.45, 2.75) is 6.42 Å². The summed E-state index contributed by atoms with van der Waals surface area (Å²) in [6.45, 7) is 0.643. The van der Waals surface area contributed by atoms with Gasteiger partial charge in [-0.25, -0.2) is 0 Å². The van der Waals surface area contributed by atoms with Gasteiger partial charge in [-0.3, -0.25) is 0 Å². The zero-order chi connectivity index (χ0) is 4.41. The van der Waals surface area contributed by atoms with Crippen molar-refractivity contribution in [3.8, 4) is 0 Å². The van der Waals surface area contributed by atoms with E-state index < -0.39 is 0 Å². The van der Waals surface area contributed by atoms with E-state index in [0.717, 1.165) is 0 Å². The van der Waals surface area contributed by atoms with E-state index >= 15 is 0 Å². The first-order chi connectivity index (χ1) is 2.93. The predicted octanol–water partition coefficient (Wildman–Crippen LogP) is 1.35. The summed E-state index contributed by atoms with van der Waals surface area (Å²) in [5.41, 5.74) is 0. The van der Waals surface area contributed by atoms with Crippen LogP contribution in [0.5, 0.6) is 0 Å². The molecular formula is C3H6NPS. The fourth-order valence-electron chi connectivity index (χ4n) is 0.355. The Hall–Kier alpha value is 0.490. The van der Waals surface area contributed by atoms with Crippen LogP contribution in [0.1, 0.15) is 6.42 Å². The van der Waals surface area contributed by atoms with Crippen LogP contribution >= 0.6 is 6.99 Å². The van der Waals surface area contributed by atoms with Crippen LogP contribution in [-0.2, 0) is 10.1 Å². The molecule has 0 aromatic heterocycles. The van der Waals surface area contributed by atoms with Crippen LogP contribution in [0.2, 0.25) is 0 Å². The van der Waals surface area contributed by atoms with Gasteiger partial charge < -0.3 is 0 Å². The molecule has 0 atom stereocenters. The molecular weight excluding hydrogens is 113 g/mol. The van der Waals surface area contributed by atoms with Crippen molar-refractivity contribution in [3.63, 3.8) is 0 Å². The molecule has 1 rings (SSSR count). The summed E-state index contributed by atoms with van der Waals surface area (Å²) in [5, 5.41) is 8.37. The summed E-state index contributed by atoms with van der Waals surface area (Å²) in [6.07, 6.45) is 1.34. The first-order valence-corrected chi connectivity index (χ1v) is 4.98. The summed E-state index contributed by atoms with van der Waals surface area (Å²) in [7, 11) is 0.424. The molecule has 0 saturated carbocycles. The number of hydrogen-bond donors (Lipinski definition) is 0. The van der Waals surface area contributed by atoms with Gasteiger partial charge in [0, 0.05) is 0 Å². The standard InChI is InChI=1S/C3H6NPS/c4-5-6-2-1-3-6/h1-3H2. The van der Waals surface area contributed by atoms with Crippen LogP contribution in [0.3, 0.4) is 0 Å². The van der Waals surface area contributed by atoms with E-state index in [2.05, 4.69) is 0 Å². The molecule has 0 spiro atoms. The molecule has 0 N–H and O–H groups in total. The van der Waals surface area contributed by atoms with Crippen molar-refractivity contribution in [1.82, 2.24) is 0 Å². The molecule has 0 amide bonds. The molecule has 1 nitrogen and oxygen atoms in total. The first-order valence-electron chi connectivity index (χ1n) is 1.96.